The van der Waals surface area contributed by atoms with Gasteiger partial charge >= 0.3 is 13.6 Å². The van der Waals surface area contributed by atoms with E-state index in [0.717, 1.165) is 25.2 Å². The van der Waals surface area contributed by atoms with Gasteiger partial charge in [0.1, 0.15) is 12.3 Å². The van der Waals surface area contributed by atoms with Gasteiger partial charge in [0, 0.05) is 13.1 Å². The number of rotatable bonds is 8. The molecule has 0 unspecified atom stereocenters. The van der Waals surface area contributed by atoms with Gasteiger partial charge in [-0.1, -0.05) is 24.3 Å². The van der Waals surface area contributed by atoms with Gasteiger partial charge < -0.3 is 30.5 Å². The van der Waals surface area contributed by atoms with Crippen LogP contribution in [0.4, 0.5) is 17.3 Å². The lowest BCUT2D eigenvalue weighted by Gasteiger charge is -2.30. The molecule has 2 aliphatic rings. The average Bonchev–Trinajstić information content (AvgIpc) is 3.21. The Hall–Kier alpha value is -2.72. The van der Waals surface area contributed by atoms with Crippen LogP contribution in [0.15, 0.2) is 24.3 Å². The summed E-state index contributed by atoms with van der Waals surface area (Å²) in [5, 5.41) is 2.69. The van der Waals surface area contributed by atoms with Crippen LogP contribution in [0.25, 0.3) is 0 Å². The van der Waals surface area contributed by atoms with E-state index in [9.17, 15) is 9.36 Å². The molecule has 4 rings (SSSR count). The van der Waals surface area contributed by atoms with Crippen LogP contribution < -0.4 is 20.7 Å². The van der Waals surface area contributed by atoms with Crippen molar-refractivity contribution in [1.82, 2.24) is 14.9 Å². The van der Waals surface area contributed by atoms with Crippen molar-refractivity contribution in [3.05, 3.63) is 35.4 Å². The summed E-state index contributed by atoms with van der Waals surface area (Å²) in [5.41, 5.74) is 8.55. The third-order valence-corrected chi connectivity index (χ3v) is 6.14. The molecule has 3 heterocycles. The van der Waals surface area contributed by atoms with Gasteiger partial charge in [-0.3, -0.25) is 14.3 Å². The largest absolute Gasteiger partial charge is 0.463 e. The van der Waals surface area contributed by atoms with Crippen LogP contribution in [0.1, 0.15) is 24.0 Å². The summed E-state index contributed by atoms with van der Waals surface area (Å²) in [5.74, 6) is 0.214. The highest BCUT2D eigenvalue weighted by molar-refractivity contribution is 7.51. The molecule has 5 N–H and O–H groups in total. The molecule has 2 aliphatic heterocycles. The molecule has 0 atom stereocenters. The zero-order valence-electron chi connectivity index (χ0n) is 17.6. The van der Waals surface area contributed by atoms with Gasteiger partial charge in [-0.15, -0.1) is 0 Å². The lowest BCUT2D eigenvalue weighted by Crippen LogP contribution is -2.39. The maximum atomic E-state index is 12.3. The number of carbonyl (C=O) groups is 1. The summed E-state index contributed by atoms with van der Waals surface area (Å²) in [6, 6.07) is 8.15. The molecule has 0 spiro atoms. The molecule has 0 radical (unpaired) electrons. The van der Waals surface area contributed by atoms with Crippen LogP contribution in [-0.4, -0.2) is 63.0 Å². The first kappa shape index (κ1) is 22.5. The Morgan fingerprint density at radius 1 is 1.16 bits per heavy atom. The molecular formula is C20H27N6O5P. The second-order valence-corrected chi connectivity index (χ2v) is 9.81. The lowest BCUT2D eigenvalue weighted by atomic mass is 10.1. The third kappa shape index (κ3) is 5.74. The summed E-state index contributed by atoms with van der Waals surface area (Å²) in [4.78, 5) is 42.8. The van der Waals surface area contributed by atoms with E-state index in [4.69, 9.17) is 20.3 Å². The molecule has 1 saturated heterocycles. The summed E-state index contributed by atoms with van der Waals surface area (Å²) in [6.07, 6.45) is 2.01. The average molecular weight is 462 g/mol. The van der Waals surface area contributed by atoms with E-state index >= 15 is 0 Å². The fourth-order valence-electron chi connectivity index (χ4n) is 3.92. The SMILES string of the molecule is Nc1nc(OCCP(=O)(O)O)nc2c1NC(=O)CN2Cc1cccc(CN2CCCC2)c1. The van der Waals surface area contributed by atoms with Gasteiger partial charge in [-0.2, -0.15) is 9.97 Å². The lowest BCUT2D eigenvalue weighted by molar-refractivity contribution is -0.115. The number of likely N-dealkylation sites (tertiary alicyclic amines) is 1. The van der Waals surface area contributed by atoms with Crippen molar-refractivity contribution in [3.8, 4) is 6.01 Å². The Morgan fingerprint density at radius 3 is 2.59 bits per heavy atom. The number of nitrogens with zero attached hydrogens (tertiary/aromatic N) is 4. The van der Waals surface area contributed by atoms with Crippen LogP contribution in [0.5, 0.6) is 6.01 Å². The highest BCUT2D eigenvalue weighted by Crippen LogP contribution is 2.36. The number of ether oxygens (including phenoxy) is 1. The van der Waals surface area contributed by atoms with Crippen molar-refractivity contribution >= 4 is 30.8 Å². The van der Waals surface area contributed by atoms with Crippen LogP contribution in [-0.2, 0) is 22.4 Å². The van der Waals surface area contributed by atoms with Crippen LogP contribution >= 0.6 is 7.60 Å². The van der Waals surface area contributed by atoms with E-state index < -0.39 is 13.8 Å². The van der Waals surface area contributed by atoms with E-state index in [1.54, 1.807) is 4.90 Å². The second-order valence-electron chi connectivity index (χ2n) is 8.03. The first-order valence-corrected chi connectivity index (χ1v) is 12.3. The first-order chi connectivity index (χ1) is 15.3. The van der Waals surface area contributed by atoms with Gasteiger partial charge in [0.25, 0.3) is 0 Å². The normalized spacial score (nSPS) is 16.7. The van der Waals surface area contributed by atoms with Crippen LogP contribution in [0.3, 0.4) is 0 Å². The Labute approximate surface area is 185 Å². The van der Waals surface area contributed by atoms with Crippen molar-refractivity contribution in [2.75, 3.05) is 48.4 Å². The maximum absolute atomic E-state index is 12.3. The van der Waals surface area contributed by atoms with Gasteiger partial charge in [0.15, 0.2) is 11.6 Å². The molecule has 0 aliphatic carbocycles. The fraction of sp³-hybridized carbons (Fsp3) is 0.450. The zero-order valence-corrected chi connectivity index (χ0v) is 18.5. The maximum Gasteiger partial charge on any atom is 0.328 e. The Balaban J connectivity index is 1.52. The predicted molar refractivity (Wildman–Crippen MR) is 119 cm³/mol. The van der Waals surface area contributed by atoms with Crippen molar-refractivity contribution in [1.29, 1.82) is 0 Å². The van der Waals surface area contributed by atoms with Gasteiger partial charge in [-0.25, -0.2) is 0 Å². The molecular weight excluding hydrogens is 435 g/mol. The van der Waals surface area contributed by atoms with Crippen molar-refractivity contribution in [2.24, 2.45) is 0 Å². The van der Waals surface area contributed by atoms with Crippen LogP contribution in [0, 0.1) is 0 Å². The Morgan fingerprint density at radius 2 is 1.88 bits per heavy atom. The number of nitrogen functional groups attached to an aromatic ring is 1. The van der Waals surface area contributed by atoms with Gasteiger partial charge in [0.2, 0.25) is 5.91 Å². The quantitative estimate of drug-likeness (QED) is 0.420. The molecule has 1 amide bonds. The number of aromatic nitrogens is 2. The van der Waals surface area contributed by atoms with Gasteiger partial charge in [-0.05, 0) is 37.1 Å². The van der Waals surface area contributed by atoms with E-state index in [-0.39, 0.29) is 30.9 Å². The number of hydrogen-bond donors (Lipinski definition) is 4. The number of hydrogen-bond acceptors (Lipinski definition) is 8. The molecule has 1 aromatic carbocycles. The molecule has 0 saturated carbocycles. The molecule has 0 bridgehead atoms. The number of benzene rings is 1. The molecule has 2 aromatic rings. The van der Waals surface area contributed by atoms with E-state index in [0.29, 0.717) is 18.1 Å². The minimum atomic E-state index is -4.20. The van der Waals surface area contributed by atoms with Gasteiger partial charge in [0.05, 0.1) is 12.7 Å². The topological polar surface area (TPSA) is 154 Å². The van der Waals surface area contributed by atoms with E-state index in [1.807, 2.05) is 12.1 Å². The van der Waals surface area contributed by atoms with E-state index in [2.05, 4.69) is 32.3 Å². The van der Waals surface area contributed by atoms with E-state index in [1.165, 1.54) is 18.4 Å². The zero-order chi connectivity index (χ0) is 22.7. The number of nitrogens with two attached hydrogens (primary N) is 1. The summed E-state index contributed by atoms with van der Waals surface area (Å²) >= 11 is 0. The summed E-state index contributed by atoms with van der Waals surface area (Å²) in [6.45, 7) is 3.40. The van der Waals surface area contributed by atoms with Crippen molar-refractivity contribution < 1.29 is 23.9 Å². The van der Waals surface area contributed by atoms with Crippen molar-refractivity contribution in [3.63, 3.8) is 0 Å². The Bertz CT molecular complexity index is 1040. The summed E-state index contributed by atoms with van der Waals surface area (Å²) in [7, 11) is -4.20. The van der Waals surface area contributed by atoms with Crippen LogP contribution in [0.2, 0.25) is 0 Å². The molecule has 172 valence electrons. The third-order valence-electron chi connectivity index (χ3n) is 5.38. The smallest absolute Gasteiger partial charge is 0.328 e. The number of carbonyl (C=O) groups excluding carboxylic acids is 1. The standard InChI is InChI=1S/C20H27N6O5P/c21-18-17-19(24-20(23-18)31-8-9-32(28,29)30)26(13-16(27)22-17)12-15-5-3-4-14(10-15)11-25-6-1-2-7-25/h3-5,10H,1-2,6-9,11-13H2,(H,22,27)(H2,21,23,24)(H2,28,29,30). The van der Waals surface area contributed by atoms with Crippen molar-refractivity contribution in [2.45, 2.75) is 25.9 Å². The Kier molecular flexibility index (Phi) is 6.61. The molecule has 1 aromatic heterocycles. The molecule has 12 heteroatoms. The number of amides is 1. The highest BCUT2D eigenvalue weighted by Gasteiger charge is 2.28. The minimum Gasteiger partial charge on any atom is -0.463 e. The first-order valence-electron chi connectivity index (χ1n) is 10.5. The monoisotopic (exact) mass is 462 g/mol. The number of nitrogens with one attached hydrogen (secondary N) is 1. The highest BCUT2D eigenvalue weighted by atomic mass is 31.2. The molecule has 32 heavy (non-hydrogen) atoms. The minimum absolute atomic E-state index is 0.0296. The fourth-order valence-corrected chi connectivity index (χ4v) is 4.25. The second kappa shape index (κ2) is 9.41. The number of anilines is 3. The molecule has 1 fully saturated rings. The predicted octanol–water partition coefficient (Wildman–Crippen LogP) is 1.17. The summed E-state index contributed by atoms with van der Waals surface area (Å²) < 4.78 is 16.3. The number of fused-ring (bicyclic) bond motifs is 1. The molecule has 11 nitrogen and oxygen atoms in total.